The molecule has 114 valence electrons. The summed E-state index contributed by atoms with van der Waals surface area (Å²) in [4.78, 5) is 1.26. The fourth-order valence-electron chi connectivity index (χ4n) is 2.89. The third-order valence-corrected chi connectivity index (χ3v) is 4.78. The van der Waals surface area contributed by atoms with Crippen LogP contribution in [-0.4, -0.2) is 12.3 Å². The molecule has 2 aliphatic rings. The molecule has 2 aromatic rings. The van der Waals surface area contributed by atoms with Crippen LogP contribution >= 0.6 is 11.8 Å². The molecule has 0 saturated heterocycles. The topological polar surface area (TPSA) is 21.3 Å². The van der Waals surface area contributed by atoms with Gasteiger partial charge in [0.25, 0.3) is 0 Å². The average Bonchev–Trinajstić information content (AvgIpc) is 3.07. The second-order valence-corrected chi connectivity index (χ2v) is 6.37. The predicted molar refractivity (Wildman–Crippen MR) is 96.7 cm³/mol. The number of benzene rings is 2. The van der Waals surface area contributed by atoms with Crippen LogP contribution in [0, 0.1) is 0 Å². The summed E-state index contributed by atoms with van der Waals surface area (Å²) in [5.74, 6) is 1.89. The van der Waals surface area contributed by atoms with E-state index < -0.39 is 0 Å². The molecule has 4 rings (SSSR count). The highest BCUT2D eigenvalue weighted by Gasteiger charge is 2.28. The van der Waals surface area contributed by atoms with Crippen molar-refractivity contribution >= 4 is 23.1 Å². The first-order valence-corrected chi connectivity index (χ1v) is 8.84. The Morgan fingerprint density at radius 1 is 1.00 bits per heavy atom. The van der Waals surface area contributed by atoms with Crippen LogP contribution in [0.15, 0.2) is 83.6 Å². The number of allylic oxidation sites excluding steroid dienone is 2. The van der Waals surface area contributed by atoms with E-state index in [-0.39, 0.29) is 6.04 Å². The van der Waals surface area contributed by atoms with E-state index in [2.05, 4.69) is 60.1 Å². The zero-order chi connectivity index (χ0) is 15.6. The number of nitrogens with one attached hydrogen (secondary N) is 1. The Kier molecular flexibility index (Phi) is 3.72. The molecule has 0 spiro atoms. The van der Waals surface area contributed by atoms with Crippen molar-refractivity contribution in [1.29, 1.82) is 0 Å². The van der Waals surface area contributed by atoms with Gasteiger partial charge in [-0.15, -0.1) is 11.8 Å². The highest BCUT2D eigenvalue weighted by molar-refractivity contribution is 7.98. The molecule has 2 heterocycles. The third kappa shape index (κ3) is 2.68. The lowest BCUT2D eigenvalue weighted by Crippen LogP contribution is -2.25. The van der Waals surface area contributed by atoms with Gasteiger partial charge in [-0.2, -0.15) is 0 Å². The summed E-state index contributed by atoms with van der Waals surface area (Å²) < 4.78 is 6.21. The zero-order valence-corrected chi connectivity index (χ0v) is 13.6. The average molecular weight is 319 g/mol. The van der Waals surface area contributed by atoms with E-state index in [9.17, 15) is 0 Å². The van der Waals surface area contributed by atoms with Crippen molar-refractivity contribution in [2.75, 3.05) is 6.26 Å². The quantitative estimate of drug-likeness (QED) is 0.830. The molecule has 23 heavy (non-hydrogen) atoms. The SMILES string of the molecule is CSc1cccc(C2=C3OC(c4ccccc4)=CC3NC=C2)c1. The minimum atomic E-state index is 0.100. The summed E-state index contributed by atoms with van der Waals surface area (Å²) in [6.07, 6.45) is 8.34. The van der Waals surface area contributed by atoms with E-state index in [1.165, 1.54) is 10.5 Å². The maximum atomic E-state index is 6.21. The third-order valence-electron chi connectivity index (χ3n) is 4.05. The van der Waals surface area contributed by atoms with Crippen molar-refractivity contribution in [2.45, 2.75) is 10.9 Å². The minimum absolute atomic E-state index is 0.100. The summed E-state index contributed by atoms with van der Waals surface area (Å²) in [5.41, 5.74) is 3.44. The highest BCUT2D eigenvalue weighted by Crippen LogP contribution is 2.36. The molecule has 0 radical (unpaired) electrons. The fraction of sp³-hybridized carbons (Fsp3) is 0.100. The summed E-state index contributed by atoms with van der Waals surface area (Å²) in [7, 11) is 0. The number of dihydropyridines is 1. The maximum absolute atomic E-state index is 6.21. The summed E-state index contributed by atoms with van der Waals surface area (Å²) in [6, 6.07) is 18.9. The summed E-state index contributed by atoms with van der Waals surface area (Å²) in [6.45, 7) is 0. The Hall–Kier alpha value is -2.39. The molecule has 2 aliphatic heterocycles. The summed E-state index contributed by atoms with van der Waals surface area (Å²) in [5, 5.41) is 3.36. The van der Waals surface area contributed by atoms with Gasteiger partial charge in [0.15, 0.2) is 0 Å². The molecule has 0 amide bonds. The first-order chi connectivity index (χ1) is 11.3. The predicted octanol–water partition coefficient (Wildman–Crippen LogP) is 4.68. The number of hydrogen-bond acceptors (Lipinski definition) is 3. The Morgan fingerprint density at radius 2 is 1.83 bits per heavy atom. The van der Waals surface area contributed by atoms with E-state index in [1.54, 1.807) is 11.8 Å². The number of hydrogen-bond donors (Lipinski definition) is 1. The van der Waals surface area contributed by atoms with Gasteiger partial charge in [-0.1, -0.05) is 42.5 Å². The number of ether oxygens (including phenoxy) is 1. The van der Waals surface area contributed by atoms with Crippen LogP contribution in [0.4, 0.5) is 0 Å². The number of thioether (sulfide) groups is 1. The molecule has 3 heteroatoms. The Labute approximate surface area is 140 Å². The van der Waals surface area contributed by atoms with Gasteiger partial charge >= 0.3 is 0 Å². The maximum Gasteiger partial charge on any atom is 0.138 e. The summed E-state index contributed by atoms with van der Waals surface area (Å²) >= 11 is 1.75. The molecule has 0 aliphatic carbocycles. The molecular weight excluding hydrogens is 302 g/mol. The molecular formula is C20H17NOS. The standard InChI is InChI=1S/C20H17NOS/c1-23-16-9-5-8-15(12-16)17-10-11-21-18-13-19(22-20(17)18)14-6-3-2-4-7-14/h2-13,18,21H,1H3. The van der Waals surface area contributed by atoms with Crippen LogP contribution in [0.5, 0.6) is 0 Å². The highest BCUT2D eigenvalue weighted by atomic mass is 32.2. The lowest BCUT2D eigenvalue weighted by atomic mass is 9.99. The minimum Gasteiger partial charge on any atom is -0.458 e. The van der Waals surface area contributed by atoms with Gasteiger partial charge in [0, 0.05) is 16.0 Å². The molecule has 0 saturated carbocycles. The first-order valence-electron chi connectivity index (χ1n) is 7.61. The van der Waals surface area contributed by atoms with Gasteiger partial charge in [-0.3, -0.25) is 0 Å². The zero-order valence-electron chi connectivity index (χ0n) is 12.8. The van der Waals surface area contributed by atoms with Crippen LogP contribution in [0.1, 0.15) is 11.1 Å². The molecule has 1 N–H and O–H groups in total. The van der Waals surface area contributed by atoms with Gasteiger partial charge in [0.1, 0.15) is 17.6 Å². The van der Waals surface area contributed by atoms with E-state index >= 15 is 0 Å². The van der Waals surface area contributed by atoms with Crippen molar-refractivity contribution in [2.24, 2.45) is 0 Å². The normalized spacial score (nSPS) is 19.0. The van der Waals surface area contributed by atoms with E-state index in [4.69, 9.17) is 4.74 Å². The molecule has 1 unspecified atom stereocenters. The lowest BCUT2D eigenvalue weighted by Gasteiger charge is -2.19. The molecule has 2 aromatic carbocycles. The van der Waals surface area contributed by atoms with E-state index in [1.807, 2.05) is 24.4 Å². The molecule has 0 fully saturated rings. The van der Waals surface area contributed by atoms with Crippen LogP contribution in [-0.2, 0) is 4.74 Å². The van der Waals surface area contributed by atoms with Gasteiger partial charge in [0.2, 0.25) is 0 Å². The Balaban J connectivity index is 1.73. The van der Waals surface area contributed by atoms with Crippen molar-refractivity contribution in [3.8, 4) is 0 Å². The number of fused-ring (bicyclic) bond motifs is 1. The largest absolute Gasteiger partial charge is 0.458 e. The van der Waals surface area contributed by atoms with Gasteiger partial charge in [-0.25, -0.2) is 0 Å². The van der Waals surface area contributed by atoms with Crippen LogP contribution < -0.4 is 5.32 Å². The smallest absolute Gasteiger partial charge is 0.138 e. The van der Waals surface area contributed by atoms with Crippen molar-refractivity contribution in [3.63, 3.8) is 0 Å². The van der Waals surface area contributed by atoms with E-state index in [0.717, 1.165) is 22.7 Å². The van der Waals surface area contributed by atoms with Crippen LogP contribution in [0.25, 0.3) is 11.3 Å². The first kappa shape index (κ1) is 14.2. The van der Waals surface area contributed by atoms with Crippen LogP contribution in [0.3, 0.4) is 0 Å². The fourth-order valence-corrected chi connectivity index (χ4v) is 3.35. The van der Waals surface area contributed by atoms with Gasteiger partial charge < -0.3 is 10.1 Å². The van der Waals surface area contributed by atoms with Crippen molar-refractivity contribution in [1.82, 2.24) is 5.32 Å². The second-order valence-electron chi connectivity index (χ2n) is 5.49. The molecule has 2 nitrogen and oxygen atoms in total. The Bertz CT molecular complexity index is 821. The van der Waals surface area contributed by atoms with Crippen molar-refractivity contribution < 1.29 is 4.74 Å². The lowest BCUT2D eigenvalue weighted by molar-refractivity contribution is 0.379. The van der Waals surface area contributed by atoms with Gasteiger partial charge in [0.05, 0.1) is 0 Å². The second kappa shape index (κ2) is 6.01. The van der Waals surface area contributed by atoms with Crippen molar-refractivity contribution in [3.05, 3.63) is 89.8 Å². The van der Waals surface area contributed by atoms with Gasteiger partial charge in [-0.05, 0) is 42.3 Å². The monoisotopic (exact) mass is 319 g/mol. The molecule has 0 aromatic heterocycles. The van der Waals surface area contributed by atoms with E-state index in [0.29, 0.717) is 0 Å². The van der Waals surface area contributed by atoms with Crippen LogP contribution in [0.2, 0.25) is 0 Å². The molecule has 1 atom stereocenters. The Morgan fingerprint density at radius 3 is 2.65 bits per heavy atom. The molecule has 0 bridgehead atoms. The number of rotatable bonds is 3.